The standard InChI is InChI=1S/C26H27FN2O2/c1-25(2,22-14-20(27)9-10-24(22)31-3)17-26(30,19-7-5-4-6-8-19)15-21-13-18-11-12-28-16-23(18)29-21/h4-14,16,29-30H,15,17H2,1-3H3. The molecule has 0 radical (unpaired) electrons. The summed E-state index contributed by atoms with van der Waals surface area (Å²) in [5.41, 5.74) is 1.64. The highest BCUT2D eigenvalue weighted by Gasteiger charge is 2.39. The number of nitrogens with zero attached hydrogens (tertiary/aromatic N) is 1. The first-order valence-electron chi connectivity index (χ1n) is 10.3. The van der Waals surface area contributed by atoms with Gasteiger partial charge in [-0.2, -0.15) is 0 Å². The fraction of sp³-hybridized carbons (Fsp3) is 0.269. The second-order valence-corrected chi connectivity index (χ2v) is 8.74. The molecule has 0 aliphatic rings. The lowest BCUT2D eigenvalue weighted by Gasteiger charge is -2.37. The van der Waals surface area contributed by atoms with E-state index in [-0.39, 0.29) is 5.82 Å². The molecule has 0 saturated heterocycles. The van der Waals surface area contributed by atoms with Crippen LogP contribution in [0.3, 0.4) is 0 Å². The minimum absolute atomic E-state index is 0.324. The Morgan fingerprint density at radius 3 is 2.55 bits per heavy atom. The predicted octanol–water partition coefficient (Wildman–Crippen LogP) is 5.51. The van der Waals surface area contributed by atoms with E-state index in [9.17, 15) is 9.50 Å². The molecule has 160 valence electrons. The highest BCUT2D eigenvalue weighted by molar-refractivity contribution is 5.79. The maximum Gasteiger partial charge on any atom is 0.123 e. The van der Waals surface area contributed by atoms with Gasteiger partial charge in [-0.3, -0.25) is 4.98 Å². The minimum Gasteiger partial charge on any atom is -0.496 e. The molecular formula is C26H27FN2O2. The average molecular weight is 419 g/mol. The summed E-state index contributed by atoms with van der Waals surface area (Å²) in [7, 11) is 1.58. The Morgan fingerprint density at radius 1 is 1.06 bits per heavy atom. The molecule has 2 heterocycles. The highest BCUT2D eigenvalue weighted by atomic mass is 19.1. The first-order valence-corrected chi connectivity index (χ1v) is 10.3. The molecule has 0 aliphatic carbocycles. The maximum atomic E-state index is 14.1. The number of fused-ring (bicyclic) bond motifs is 1. The van der Waals surface area contributed by atoms with Crippen LogP contribution in [-0.2, 0) is 17.4 Å². The summed E-state index contributed by atoms with van der Waals surface area (Å²) in [6.45, 7) is 4.01. The minimum atomic E-state index is -1.18. The number of rotatable bonds is 7. The van der Waals surface area contributed by atoms with Crippen molar-refractivity contribution >= 4 is 10.9 Å². The van der Waals surface area contributed by atoms with Crippen LogP contribution in [0.25, 0.3) is 10.9 Å². The summed E-state index contributed by atoms with van der Waals surface area (Å²) in [6.07, 6.45) is 4.29. The molecule has 5 heteroatoms. The monoisotopic (exact) mass is 418 g/mol. The average Bonchev–Trinajstić information content (AvgIpc) is 3.16. The van der Waals surface area contributed by atoms with Crippen LogP contribution in [0.1, 0.15) is 37.1 Å². The Morgan fingerprint density at radius 2 is 1.84 bits per heavy atom. The van der Waals surface area contributed by atoms with Crippen LogP contribution in [0.15, 0.2) is 73.1 Å². The number of methoxy groups -OCH3 is 1. The van der Waals surface area contributed by atoms with Crippen molar-refractivity contribution in [2.75, 3.05) is 7.11 Å². The van der Waals surface area contributed by atoms with E-state index in [2.05, 4.69) is 9.97 Å². The number of ether oxygens (including phenoxy) is 1. The molecule has 0 spiro atoms. The second kappa shape index (κ2) is 8.16. The van der Waals surface area contributed by atoms with Crippen LogP contribution in [-0.4, -0.2) is 22.2 Å². The molecule has 1 atom stereocenters. The molecule has 0 fully saturated rings. The Labute approximate surface area is 181 Å². The Balaban J connectivity index is 1.75. The Bertz CT molecular complexity index is 1150. The molecule has 0 saturated carbocycles. The van der Waals surface area contributed by atoms with Gasteiger partial charge in [0.1, 0.15) is 11.6 Å². The second-order valence-electron chi connectivity index (χ2n) is 8.74. The van der Waals surface area contributed by atoms with Gasteiger partial charge in [0.25, 0.3) is 0 Å². The van der Waals surface area contributed by atoms with Gasteiger partial charge in [0.2, 0.25) is 0 Å². The van der Waals surface area contributed by atoms with Crippen LogP contribution in [0.5, 0.6) is 5.75 Å². The third kappa shape index (κ3) is 4.32. The largest absolute Gasteiger partial charge is 0.496 e. The van der Waals surface area contributed by atoms with E-state index in [1.807, 2.05) is 56.3 Å². The van der Waals surface area contributed by atoms with E-state index in [4.69, 9.17) is 4.74 Å². The number of aromatic nitrogens is 2. The fourth-order valence-electron chi connectivity index (χ4n) is 4.49. The van der Waals surface area contributed by atoms with Crippen molar-refractivity contribution in [1.29, 1.82) is 0 Å². The van der Waals surface area contributed by atoms with Gasteiger partial charge in [0.05, 0.1) is 24.4 Å². The van der Waals surface area contributed by atoms with E-state index in [0.29, 0.717) is 18.6 Å². The zero-order valence-corrected chi connectivity index (χ0v) is 18.0. The third-order valence-corrected chi connectivity index (χ3v) is 5.90. The molecule has 0 amide bonds. The first kappa shape index (κ1) is 21.1. The summed E-state index contributed by atoms with van der Waals surface area (Å²) in [6, 6.07) is 18.2. The molecule has 0 bridgehead atoms. The Hall–Kier alpha value is -3.18. The summed E-state index contributed by atoms with van der Waals surface area (Å²) < 4.78 is 19.6. The smallest absolute Gasteiger partial charge is 0.123 e. The molecule has 2 aromatic carbocycles. The first-order chi connectivity index (χ1) is 14.8. The van der Waals surface area contributed by atoms with Gasteiger partial charge < -0.3 is 14.8 Å². The maximum absolute atomic E-state index is 14.1. The van der Waals surface area contributed by atoms with E-state index in [1.165, 1.54) is 12.1 Å². The van der Waals surface area contributed by atoms with E-state index in [1.54, 1.807) is 25.6 Å². The van der Waals surface area contributed by atoms with Crippen molar-refractivity contribution in [3.05, 3.63) is 95.7 Å². The van der Waals surface area contributed by atoms with Gasteiger partial charge in [-0.1, -0.05) is 44.2 Å². The van der Waals surface area contributed by atoms with E-state index < -0.39 is 11.0 Å². The number of aromatic amines is 1. The summed E-state index contributed by atoms with van der Waals surface area (Å²) >= 11 is 0. The third-order valence-electron chi connectivity index (χ3n) is 5.90. The lowest BCUT2D eigenvalue weighted by Crippen LogP contribution is -2.37. The number of hydrogen-bond acceptors (Lipinski definition) is 3. The van der Waals surface area contributed by atoms with Gasteiger partial charge >= 0.3 is 0 Å². The molecule has 4 nitrogen and oxygen atoms in total. The number of benzene rings is 2. The van der Waals surface area contributed by atoms with Gasteiger partial charge in [0.15, 0.2) is 0 Å². The van der Waals surface area contributed by atoms with Crippen LogP contribution >= 0.6 is 0 Å². The van der Waals surface area contributed by atoms with Crippen molar-refractivity contribution < 1.29 is 14.2 Å². The van der Waals surface area contributed by atoms with Crippen molar-refractivity contribution in [1.82, 2.24) is 9.97 Å². The van der Waals surface area contributed by atoms with E-state index >= 15 is 0 Å². The van der Waals surface area contributed by atoms with Crippen molar-refractivity contribution in [2.45, 2.75) is 37.7 Å². The topological polar surface area (TPSA) is 58.1 Å². The van der Waals surface area contributed by atoms with Crippen LogP contribution in [0.2, 0.25) is 0 Å². The Kier molecular flexibility index (Phi) is 5.54. The number of pyridine rings is 1. The number of halogens is 1. The molecule has 2 N–H and O–H groups in total. The zero-order valence-electron chi connectivity index (χ0n) is 18.0. The summed E-state index contributed by atoms with van der Waals surface area (Å²) in [5, 5.41) is 13.1. The molecule has 2 aromatic heterocycles. The van der Waals surface area contributed by atoms with Crippen molar-refractivity contribution in [2.24, 2.45) is 0 Å². The predicted molar refractivity (Wildman–Crippen MR) is 121 cm³/mol. The van der Waals surface area contributed by atoms with Crippen LogP contribution < -0.4 is 4.74 Å². The zero-order chi connectivity index (χ0) is 22.1. The van der Waals surface area contributed by atoms with Crippen molar-refractivity contribution in [3.63, 3.8) is 0 Å². The number of hydrogen-bond donors (Lipinski definition) is 2. The number of H-pyrrole nitrogens is 1. The normalized spacial score (nSPS) is 13.8. The van der Waals surface area contributed by atoms with Gasteiger partial charge in [-0.25, -0.2) is 4.39 Å². The van der Waals surface area contributed by atoms with E-state index in [0.717, 1.165) is 27.7 Å². The molecule has 1 unspecified atom stereocenters. The van der Waals surface area contributed by atoms with Crippen molar-refractivity contribution in [3.8, 4) is 5.75 Å². The van der Waals surface area contributed by atoms with Gasteiger partial charge in [-0.15, -0.1) is 0 Å². The molecule has 4 rings (SSSR count). The summed E-state index contributed by atoms with van der Waals surface area (Å²) in [4.78, 5) is 7.54. The lowest BCUT2D eigenvalue weighted by atomic mass is 9.71. The van der Waals surface area contributed by atoms with Crippen LogP contribution in [0.4, 0.5) is 4.39 Å². The quantitative estimate of drug-likeness (QED) is 0.416. The fourth-order valence-corrected chi connectivity index (χ4v) is 4.49. The molecule has 31 heavy (non-hydrogen) atoms. The number of nitrogens with one attached hydrogen (secondary N) is 1. The lowest BCUT2D eigenvalue weighted by molar-refractivity contribution is 0.00756. The molecular weight excluding hydrogens is 391 g/mol. The van der Waals surface area contributed by atoms with Crippen LogP contribution in [0, 0.1) is 5.82 Å². The molecule has 4 aromatic rings. The number of aliphatic hydroxyl groups is 1. The summed E-state index contributed by atoms with van der Waals surface area (Å²) in [5.74, 6) is 0.286. The van der Waals surface area contributed by atoms with Gasteiger partial charge in [0, 0.05) is 29.3 Å². The van der Waals surface area contributed by atoms with Gasteiger partial charge in [-0.05, 0) is 47.7 Å². The molecule has 0 aliphatic heterocycles. The highest BCUT2D eigenvalue weighted by Crippen LogP contribution is 2.43. The SMILES string of the molecule is COc1ccc(F)cc1C(C)(C)CC(O)(Cc1cc2ccncc2[nH]1)c1ccccc1.